The Balaban J connectivity index is 2.18. The molecule has 0 spiro atoms. The van der Waals surface area contributed by atoms with Gasteiger partial charge >= 0.3 is 0 Å². The second kappa shape index (κ2) is 6.62. The molecular formula is C12H9Cl3N4OS. The Kier molecular flexibility index (Phi) is 5.05. The van der Waals surface area contributed by atoms with Crippen molar-refractivity contribution in [2.24, 2.45) is 5.10 Å². The van der Waals surface area contributed by atoms with Crippen molar-refractivity contribution in [1.82, 2.24) is 10.4 Å². The highest BCUT2D eigenvalue weighted by atomic mass is 35.5. The Bertz CT molecular complexity index is 730. The summed E-state index contributed by atoms with van der Waals surface area (Å²) in [7, 11) is 0. The number of hydrogen-bond acceptors (Lipinski definition) is 5. The highest BCUT2D eigenvalue weighted by molar-refractivity contribution is 7.11. The summed E-state index contributed by atoms with van der Waals surface area (Å²) in [4.78, 5) is 16.7. The Morgan fingerprint density at radius 3 is 2.76 bits per heavy atom. The smallest absolute Gasteiger partial charge is 0.291 e. The first-order valence-corrected chi connectivity index (χ1v) is 7.60. The molecule has 0 radical (unpaired) electrons. The number of nitrogens with two attached hydrogens (primary N) is 1. The highest BCUT2D eigenvalue weighted by Gasteiger charge is 2.19. The van der Waals surface area contributed by atoms with E-state index in [9.17, 15) is 4.79 Å². The lowest BCUT2D eigenvalue weighted by atomic mass is 10.3. The maximum atomic E-state index is 12.0. The fourth-order valence-electron chi connectivity index (χ4n) is 1.40. The molecule has 21 heavy (non-hydrogen) atoms. The molecule has 0 fully saturated rings. The zero-order valence-electron chi connectivity index (χ0n) is 10.7. The van der Waals surface area contributed by atoms with Crippen LogP contribution in [0.3, 0.4) is 0 Å². The molecule has 0 aliphatic carbocycles. The molecule has 0 saturated heterocycles. The number of aryl methyl sites for hydroxylation is 1. The standard InChI is InChI=1S/C12H9Cl3N4OS/c1-5-2-3-21-6(5)4-17-19-12(20)10-7(13)9(16)8(14)11(15)18-10/h2-4H,1H3,(H2,16,18)(H,19,20)/b17-4+. The molecule has 0 aromatic carbocycles. The van der Waals surface area contributed by atoms with E-state index in [2.05, 4.69) is 15.5 Å². The molecule has 0 aliphatic rings. The van der Waals surface area contributed by atoms with Gasteiger partial charge in [0, 0.05) is 4.88 Å². The zero-order valence-corrected chi connectivity index (χ0v) is 13.7. The molecule has 110 valence electrons. The number of amides is 1. The minimum Gasteiger partial charge on any atom is -0.396 e. The van der Waals surface area contributed by atoms with Crippen molar-refractivity contribution < 1.29 is 4.79 Å². The molecule has 2 rings (SSSR count). The molecule has 0 unspecified atom stereocenters. The molecule has 1 amide bonds. The maximum Gasteiger partial charge on any atom is 0.291 e. The second-order valence-electron chi connectivity index (χ2n) is 3.96. The predicted octanol–water partition coefficient (Wildman–Crippen LogP) is 3.76. The number of nitrogens with zero attached hydrogens (tertiary/aromatic N) is 2. The van der Waals surface area contributed by atoms with Crippen LogP contribution < -0.4 is 11.2 Å². The van der Waals surface area contributed by atoms with Gasteiger partial charge in [0.25, 0.3) is 5.91 Å². The summed E-state index contributed by atoms with van der Waals surface area (Å²) < 4.78 is 0. The summed E-state index contributed by atoms with van der Waals surface area (Å²) in [5.74, 6) is -0.629. The minimum atomic E-state index is -0.629. The van der Waals surface area contributed by atoms with Gasteiger partial charge in [-0.1, -0.05) is 34.8 Å². The quantitative estimate of drug-likeness (QED) is 0.495. The SMILES string of the molecule is Cc1ccsc1/C=N/NC(=O)c1nc(Cl)c(Cl)c(N)c1Cl. The van der Waals surface area contributed by atoms with E-state index in [1.165, 1.54) is 17.6 Å². The summed E-state index contributed by atoms with van der Waals surface area (Å²) in [5.41, 5.74) is 8.88. The number of hydrazone groups is 1. The molecule has 5 nitrogen and oxygen atoms in total. The Morgan fingerprint density at radius 1 is 1.43 bits per heavy atom. The van der Waals surface area contributed by atoms with Crippen LogP contribution in [0, 0.1) is 6.92 Å². The number of rotatable bonds is 3. The molecule has 0 saturated carbocycles. The second-order valence-corrected chi connectivity index (χ2v) is 6.02. The molecule has 0 atom stereocenters. The Hall–Kier alpha value is -1.34. The predicted molar refractivity (Wildman–Crippen MR) is 87.8 cm³/mol. The number of hydrogen-bond donors (Lipinski definition) is 2. The van der Waals surface area contributed by atoms with Gasteiger partial charge in [-0.25, -0.2) is 10.4 Å². The third kappa shape index (κ3) is 3.47. The van der Waals surface area contributed by atoms with Crippen LogP contribution in [0.4, 0.5) is 5.69 Å². The van der Waals surface area contributed by atoms with Gasteiger partial charge in [-0.2, -0.15) is 5.10 Å². The van der Waals surface area contributed by atoms with Gasteiger partial charge in [-0.3, -0.25) is 4.79 Å². The normalized spacial score (nSPS) is 11.0. The van der Waals surface area contributed by atoms with Gasteiger partial charge in [0.05, 0.1) is 16.9 Å². The highest BCUT2D eigenvalue weighted by Crippen LogP contribution is 2.34. The van der Waals surface area contributed by atoms with Crippen molar-refractivity contribution in [2.45, 2.75) is 6.92 Å². The lowest BCUT2D eigenvalue weighted by molar-refractivity contribution is 0.0950. The number of carbonyl (C=O) groups excluding carboxylic acids is 1. The molecule has 0 aliphatic heterocycles. The van der Waals surface area contributed by atoms with Gasteiger partial charge in [-0.15, -0.1) is 11.3 Å². The van der Waals surface area contributed by atoms with Gasteiger partial charge in [0.1, 0.15) is 5.02 Å². The zero-order chi connectivity index (χ0) is 15.6. The average molecular weight is 364 g/mol. The van der Waals surface area contributed by atoms with Crippen molar-refractivity contribution in [1.29, 1.82) is 0 Å². The van der Waals surface area contributed by atoms with Crippen LogP contribution in [0.25, 0.3) is 0 Å². The Morgan fingerprint density at radius 2 is 2.14 bits per heavy atom. The summed E-state index contributed by atoms with van der Waals surface area (Å²) in [6.07, 6.45) is 1.53. The van der Waals surface area contributed by atoms with E-state index in [0.29, 0.717) is 0 Å². The van der Waals surface area contributed by atoms with Crippen LogP contribution in [0.15, 0.2) is 16.5 Å². The lowest BCUT2D eigenvalue weighted by Gasteiger charge is -2.07. The largest absolute Gasteiger partial charge is 0.396 e. The van der Waals surface area contributed by atoms with Gasteiger partial charge in [0.2, 0.25) is 0 Å². The molecular weight excluding hydrogens is 355 g/mol. The van der Waals surface area contributed by atoms with Crippen LogP contribution >= 0.6 is 46.1 Å². The van der Waals surface area contributed by atoms with Crippen molar-refractivity contribution >= 4 is 63.9 Å². The summed E-state index contributed by atoms with van der Waals surface area (Å²) >= 11 is 19.0. The van der Waals surface area contributed by atoms with Crippen LogP contribution in [0.2, 0.25) is 15.2 Å². The van der Waals surface area contributed by atoms with E-state index in [-0.39, 0.29) is 26.6 Å². The molecule has 3 N–H and O–H groups in total. The van der Waals surface area contributed by atoms with E-state index in [1.807, 2.05) is 18.4 Å². The van der Waals surface area contributed by atoms with Crippen LogP contribution in [0.1, 0.15) is 20.9 Å². The first-order valence-electron chi connectivity index (χ1n) is 5.59. The monoisotopic (exact) mass is 362 g/mol. The van der Waals surface area contributed by atoms with Crippen molar-refractivity contribution in [3.05, 3.63) is 42.8 Å². The van der Waals surface area contributed by atoms with E-state index in [4.69, 9.17) is 40.5 Å². The molecule has 2 aromatic rings. The summed E-state index contributed by atoms with van der Waals surface area (Å²) in [5, 5.41) is 5.62. The van der Waals surface area contributed by atoms with E-state index < -0.39 is 5.91 Å². The fraction of sp³-hybridized carbons (Fsp3) is 0.0833. The Labute approximate surface area is 139 Å². The van der Waals surface area contributed by atoms with Gasteiger partial charge < -0.3 is 5.73 Å². The molecule has 2 aromatic heterocycles. The van der Waals surface area contributed by atoms with Crippen LogP contribution in [-0.4, -0.2) is 17.1 Å². The van der Waals surface area contributed by atoms with Crippen LogP contribution in [-0.2, 0) is 0 Å². The third-order valence-electron chi connectivity index (χ3n) is 2.54. The molecule has 0 bridgehead atoms. The van der Waals surface area contributed by atoms with Crippen molar-refractivity contribution in [3.63, 3.8) is 0 Å². The van der Waals surface area contributed by atoms with Crippen molar-refractivity contribution in [3.8, 4) is 0 Å². The topological polar surface area (TPSA) is 80.4 Å². The van der Waals surface area contributed by atoms with E-state index >= 15 is 0 Å². The first kappa shape index (κ1) is 16.0. The third-order valence-corrected chi connectivity index (χ3v) is 4.63. The number of carbonyl (C=O) groups is 1. The average Bonchev–Trinajstić information content (AvgIpc) is 2.86. The van der Waals surface area contributed by atoms with E-state index in [0.717, 1.165) is 10.4 Å². The number of halogens is 3. The molecule has 9 heteroatoms. The number of thiophene rings is 1. The fourth-order valence-corrected chi connectivity index (χ4v) is 2.78. The summed E-state index contributed by atoms with van der Waals surface area (Å²) in [6.45, 7) is 1.94. The van der Waals surface area contributed by atoms with Gasteiger partial charge in [0.15, 0.2) is 10.8 Å². The first-order chi connectivity index (χ1) is 9.91. The van der Waals surface area contributed by atoms with Gasteiger partial charge in [-0.05, 0) is 23.9 Å². The minimum absolute atomic E-state index is 0.00145. The number of aromatic nitrogens is 1. The number of anilines is 1. The number of pyridine rings is 1. The maximum absolute atomic E-state index is 12.0. The number of nitrogens with one attached hydrogen (secondary N) is 1. The lowest BCUT2D eigenvalue weighted by Crippen LogP contribution is -2.20. The summed E-state index contributed by atoms with van der Waals surface area (Å²) in [6, 6.07) is 1.95. The number of nitrogen functional groups attached to an aromatic ring is 1. The van der Waals surface area contributed by atoms with Crippen LogP contribution in [0.5, 0.6) is 0 Å². The van der Waals surface area contributed by atoms with E-state index in [1.54, 1.807) is 0 Å². The van der Waals surface area contributed by atoms with Crippen molar-refractivity contribution in [2.75, 3.05) is 5.73 Å². The molecule has 2 heterocycles.